The Hall–Kier alpha value is -1.68. The van der Waals surface area contributed by atoms with E-state index in [9.17, 15) is 9.59 Å². The second-order valence-electron chi connectivity index (χ2n) is 6.09. The van der Waals surface area contributed by atoms with Crippen LogP contribution in [0.25, 0.3) is 0 Å². The van der Waals surface area contributed by atoms with Gasteiger partial charge in [0.25, 0.3) is 0 Å². The lowest BCUT2D eigenvalue weighted by molar-refractivity contribution is -0.162. The molecule has 0 saturated carbocycles. The third kappa shape index (κ3) is 3.95. The Morgan fingerprint density at radius 1 is 1.32 bits per heavy atom. The van der Waals surface area contributed by atoms with Gasteiger partial charge in [-0.2, -0.15) is 0 Å². The molecule has 0 bridgehead atoms. The molecule has 1 aliphatic rings. The number of rotatable bonds is 6. The van der Waals surface area contributed by atoms with Gasteiger partial charge in [0.15, 0.2) is 5.78 Å². The van der Waals surface area contributed by atoms with Crippen molar-refractivity contribution >= 4 is 11.8 Å². The molecule has 0 spiro atoms. The zero-order valence-electron chi connectivity index (χ0n) is 13.5. The highest BCUT2D eigenvalue weighted by Crippen LogP contribution is 2.28. The van der Waals surface area contributed by atoms with Gasteiger partial charge in [-0.3, -0.25) is 9.59 Å². The molecule has 1 aliphatic heterocycles. The lowest BCUT2D eigenvalue weighted by Gasteiger charge is -2.37. The SMILES string of the molecule is CCOC(=O)[C@@]1(C)CN(CCCc2ccccc2)CCC1=O. The van der Waals surface area contributed by atoms with Crippen LogP contribution in [-0.4, -0.2) is 42.9 Å². The Bertz CT molecular complexity index is 514. The van der Waals surface area contributed by atoms with Gasteiger partial charge in [0.2, 0.25) is 0 Å². The minimum atomic E-state index is -0.999. The number of benzene rings is 1. The van der Waals surface area contributed by atoms with Crippen LogP contribution in [0.15, 0.2) is 30.3 Å². The molecule has 0 N–H and O–H groups in total. The van der Waals surface area contributed by atoms with Gasteiger partial charge in [0, 0.05) is 19.5 Å². The van der Waals surface area contributed by atoms with Crippen LogP contribution in [-0.2, 0) is 20.7 Å². The van der Waals surface area contributed by atoms with Crippen LogP contribution in [0.5, 0.6) is 0 Å². The summed E-state index contributed by atoms with van der Waals surface area (Å²) in [5.74, 6) is -0.377. The van der Waals surface area contributed by atoms with Crippen LogP contribution in [0.3, 0.4) is 0 Å². The number of hydrogen-bond acceptors (Lipinski definition) is 4. The molecule has 0 aromatic heterocycles. The fraction of sp³-hybridized carbons (Fsp3) is 0.556. The van der Waals surface area contributed by atoms with Gasteiger partial charge in [-0.1, -0.05) is 30.3 Å². The monoisotopic (exact) mass is 303 g/mol. The summed E-state index contributed by atoms with van der Waals surface area (Å²) >= 11 is 0. The third-order valence-electron chi connectivity index (χ3n) is 4.32. The van der Waals surface area contributed by atoms with Crippen LogP contribution in [0.4, 0.5) is 0 Å². The Balaban J connectivity index is 1.87. The molecule has 4 heteroatoms. The highest BCUT2D eigenvalue weighted by molar-refractivity contribution is 6.04. The van der Waals surface area contributed by atoms with Gasteiger partial charge >= 0.3 is 5.97 Å². The predicted octanol–water partition coefficient (Wildman–Crippen LogP) is 2.46. The van der Waals surface area contributed by atoms with E-state index >= 15 is 0 Å². The number of ketones is 1. The van der Waals surface area contributed by atoms with Crippen molar-refractivity contribution in [1.82, 2.24) is 4.90 Å². The molecule has 1 fully saturated rings. The fourth-order valence-electron chi connectivity index (χ4n) is 2.96. The van der Waals surface area contributed by atoms with E-state index in [2.05, 4.69) is 17.0 Å². The maximum absolute atomic E-state index is 12.1. The van der Waals surface area contributed by atoms with Crippen LogP contribution in [0, 0.1) is 5.41 Å². The number of ether oxygens (including phenoxy) is 1. The molecule has 1 saturated heterocycles. The number of likely N-dealkylation sites (tertiary alicyclic amines) is 1. The van der Waals surface area contributed by atoms with Gasteiger partial charge in [0.1, 0.15) is 5.41 Å². The first-order valence-corrected chi connectivity index (χ1v) is 8.03. The van der Waals surface area contributed by atoms with E-state index in [1.807, 2.05) is 18.2 Å². The Kier molecular flexibility index (Phi) is 5.72. The highest BCUT2D eigenvalue weighted by atomic mass is 16.5. The fourth-order valence-corrected chi connectivity index (χ4v) is 2.96. The highest BCUT2D eigenvalue weighted by Gasteiger charge is 2.45. The molecule has 0 radical (unpaired) electrons. The van der Waals surface area contributed by atoms with Crippen molar-refractivity contribution in [2.45, 2.75) is 33.1 Å². The smallest absolute Gasteiger partial charge is 0.320 e. The lowest BCUT2D eigenvalue weighted by atomic mass is 9.80. The van der Waals surface area contributed by atoms with Gasteiger partial charge in [-0.05, 0) is 38.8 Å². The molecule has 0 unspecified atom stereocenters. The van der Waals surface area contributed by atoms with Crippen molar-refractivity contribution in [1.29, 1.82) is 0 Å². The van der Waals surface area contributed by atoms with Gasteiger partial charge < -0.3 is 9.64 Å². The van der Waals surface area contributed by atoms with Crippen molar-refractivity contribution in [3.8, 4) is 0 Å². The largest absolute Gasteiger partial charge is 0.465 e. The first kappa shape index (κ1) is 16.7. The molecular weight excluding hydrogens is 278 g/mol. The average molecular weight is 303 g/mol. The summed E-state index contributed by atoms with van der Waals surface area (Å²) in [7, 11) is 0. The lowest BCUT2D eigenvalue weighted by Crippen LogP contribution is -2.52. The van der Waals surface area contributed by atoms with Gasteiger partial charge in [0.05, 0.1) is 6.61 Å². The summed E-state index contributed by atoms with van der Waals surface area (Å²) in [6, 6.07) is 10.4. The topological polar surface area (TPSA) is 46.6 Å². The predicted molar refractivity (Wildman–Crippen MR) is 85.6 cm³/mol. The first-order chi connectivity index (χ1) is 10.6. The Morgan fingerprint density at radius 3 is 2.73 bits per heavy atom. The average Bonchev–Trinajstić information content (AvgIpc) is 2.52. The van der Waals surface area contributed by atoms with Crippen molar-refractivity contribution in [3.63, 3.8) is 0 Å². The molecule has 1 heterocycles. The minimum absolute atomic E-state index is 0.00487. The second kappa shape index (κ2) is 7.54. The Labute approximate surface area is 132 Å². The van der Waals surface area contributed by atoms with Crippen molar-refractivity contribution in [2.24, 2.45) is 5.41 Å². The van der Waals surface area contributed by atoms with Gasteiger partial charge in [-0.25, -0.2) is 0 Å². The van der Waals surface area contributed by atoms with Crippen LogP contribution < -0.4 is 0 Å². The standard InChI is InChI=1S/C18H25NO3/c1-3-22-17(21)18(2)14-19(13-11-16(18)20)12-7-10-15-8-5-4-6-9-15/h4-6,8-9H,3,7,10-14H2,1-2H3/t18-/m0/s1. The van der Waals surface area contributed by atoms with Crippen molar-refractivity contribution < 1.29 is 14.3 Å². The van der Waals surface area contributed by atoms with Crippen molar-refractivity contribution in [3.05, 3.63) is 35.9 Å². The summed E-state index contributed by atoms with van der Waals surface area (Å²) in [5, 5.41) is 0. The number of esters is 1. The second-order valence-corrected chi connectivity index (χ2v) is 6.09. The molecule has 2 rings (SSSR count). The molecule has 1 aromatic rings. The van der Waals surface area contributed by atoms with E-state index in [1.54, 1.807) is 13.8 Å². The molecule has 0 aliphatic carbocycles. The summed E-state index contributed by atoms with van der Waals surface area (Å²) < 4.78 is 5.09. The summed E-state index contributed by atoms with van der Waals surface area (Å²) in [5.41, 5.74) is 0.324. The number of carbonyl (C=O) groups excluding carboxylic acids is 2. The maximum atomic E-state index is 12.1. The zero-order chi connectivity index (χ0) is 16.0. The number of piperidine rings is 1. The van der Waals surface area contributed by atoms with Gasteiger partial charge in [-0.15, -0.1) is 0 Å². The van der Waals surface area contributed by atoms with E-state index in [4.69, 9.17) is 4.74 Å². The maximum Gasteiger partial charge on any atom is 0.320 e. The molecule has 1 atom stereocenters. The molecule has 4 nitrogen and oxygen atoms in total. The first-order valence-electron chi connectivity index (χ1n) is 8.03. The van der Waals surface area contributed by atoms with Crippen LogP contribution in [0.1, 0.15) is 32.3 Å². The van der Waals surface area contributed by atoms with E-state index < -0.39 is 5.41 Å². The number of Topliss-reactive ketones (excluding diaryl/α,β-unsaturated/α-hetero) is 1. The molecule has 120 valence electrons. The normalized spacial score (nSPS) is 22.5. The quantitative estimate of drug-likeness (QED) is 0.598. The number of nitrogens with zero attached hydrogens (tertiary/aromatic N) is 1. The summed E-state index contributed by atoms with van der Waals surface area (Å²) in [4.78, 5) is 26.5. The molecular formula is C18H25NO3. The molecule has 1 aromatic carbocycles. The zero-order valence-corrected chi connectivity index (χ0v) is 13.5. The Morgan fingerprint density at radius 2 is 2.05 bits per heavy atom. The number of aryl methyl sites for hydroxylation is 1. The summed E-state index contributed by atoms with van der Waals surface area (Å²) in [6.07, 6.45) is 2.47. The third-order valence-corrected chi connectivity index (χ3v) is 4.32. The van der Waals surface area contributed by atoms with E-state index in [1.165, 1.54) is 5.56 Å². The minimum Gasteiger partial charge on any atom is -0.465 e. The summed E-state index contributed by atoms with van der Waals surface area (Å²) in [6.45, 7) is 5.91. The van der Waals surface area contributed by atoms with Crippen molar-refractivity contribution in [2.75, 3.05) is 26.2 Å². The van der Waals surface area contributed by atoms with Crippen LogP contribution >= 0.6 is 0 Å². The number of carbonyl (C=O) groups is 2. The van der Waals surface area contributed by atoms with E-state index in [0.29, 0.717) is 19.6 Å². The van der Waals surface area contributed by atoms with E-state index in [0.717, 1.165) is 25.9 Å². The molecule has 22 heavy (non-hydrogen) atoms. The van der Waals surface area contributed by atoms with Crippen LogP contribution in [0.2, 0.25) is 0 Å². The number of hydrogen-bond donors (Lipinski definition) is 0. The van der Waals surface area contributed by atoms with E-state index in [-0.39, 0.29) is 11.8 Å². The molecule has 0 amide bonds.